The molecule has 0 fully saturated rings. The maximum atomic E-state index is 12.3. The smallest absolute Gasteiger partial charge is 0.349 e. The Balaban J connectivity index is 2.02. The third-order valence-electron chi connectivity index (χ3n) is 4.40. The Bertz CT molecular complexity index is 978. The molecule has 6 nitrogen and oxygen atoms in total. The van der Waals surface area contributed by atoms with Gasteiger partial charge in [0.15, 0.2) is 6.61 Å². The molecular formula is C24H27N3O3. The molecule has 0 aliphatic heterocycles. The summed E-state index contributed by atoms with van der Waals surface area (Å²) in [5.41, 5.74) is 3.01. The van der Waals surface area contributed by atoms with Crippen molar-refractivity contribution in [3.63, 3.8) is 0 Å². The number of nitrogens with one attached hydrogen (secondary N) is 1. The molecule has 6 heteroatoms. The molecule has 0 atom stereocenters. The van der Waals surface area contributed by atoms with Crippen LogP contribution in [0, 0.1) is 11.3 Å². The maximum absolute atomic E-state index is 12.3. The van der Waals surface area contributed by atoms with E-state index >= 15 is 0 Å². The van der Waals surface area contributed by atoms with E-state index in [9.17, 15) is 14.9 Å². The Kier molecular flexibility index (Phi) is 7.38. The van der Waals surface area contributed by atoms with Crippen LogP contribution in [-0.4, -0.2) is 32.6 Å². The van der Waals surface area contributed by atoms with Gasteiger partial charge in [0, 0.05) is 25.5 Å². The van der Waals surface area contributed by atoms with Crippen LogP contribution in [0.2, 0.25) is 0 Å². The zero-order valence-electron chi connectivity index (χ0n) is 18.0. The van der Waals surface area contributed by atoms with Gasteiger partial charge in [-0.25, -0.2) is 4.79 Å². The second-order valence-electron chi connectivity index (χ2n) is 8.08. The predicted octanol–water partition coefficient (Wildman–Crippen LogP) is 4.14. The summed E-state index contributed by atoms with van der Waals surface area (Å²) in [6.45, 7) is 5.67. The number of anilines is 2. The zero-order chi connectivity index (χ0) is 22.3. The van der Waals surface area contributed by atoms with Crippen molar-refractivity contribution in [1.82, 2.24) is 0 Å². The number of nitrogens with zero attached hydrogens (tertiary/aromatic N) is 2. The molecule has 0 aromatic heterocycles. The number of esters is 1. The zero-order valence-corrected chi connectivity index (χ0v) is 18.0. The summed E-state index contributed by atoms with van der Waals surface area (Å²) in [4.78, 5) is 26.5. The van der Waals surface area contributed by atoms with Gasteiger partial charge in [-0.05, 0) is 40.8 Å². The number of nitriles is 1. The van der Waals surface area contributed by atoms with Gasteiger partial charge in [-0.15, -0.1) is 0 Å². The van der Waals surface area contributed by atoms with Gasteiger partial charge in [-0.1, -0.05) is 51.1 Å². The quantitative estimate of drug-likeness (QED) is 0.444. The number of benzene rings is 2. The molecule has 0 saturated heterocycles. The second kappa shape index (κ2) is 9.75. The normalized spacial score (nSPS) is 11.4. The molecular weight excluding hydrogens is 378 g/mol. The van der Waals surface area contributed by atoms with Crippen molar-refractivity contribution in [3.8, 4) is 6.07 Å². The molecule has 0 heterocycles. The number of para-hydroxylation sites is 1. The van der Waals surface area contributed by atoms with E-state index in [-0.39, 0.29) is 11.0 Å². The summed E-state index contributed by atoms with van der Waals surface area (Å²) in [6.07, 6.45) is 1.44. The van der Waals surface area contributed by atoms with Gasteiger partial charge >= 0.3 is 5.97 Å². The highest BCUT2D eigenvalue weighted by Gasteiger charge is 2.19. The molecule has 0 saturated carbocycles. The number of rotatable bonds is 6. The van der Waals surface area contributed by atoms with Crippen molar-refractivity contribution in [1.29, 1.82) is 5.26 Å². The highest BCUT2D eigenvalue weighted by Crippen LogP contribution is 2.29. The van der Waals surface area contributed by atoms with Crippen LogP contribution in [0.3, 0.4) is 0 Å². The first kappa shape index (κ1) is 22.7. The standard InChI is InChI=1S/C24H27N3O3/c1-24(2,3)20-8-6-7-9-21(20)26-22(28)16-30-23(29)18(15-25)14-17-10-12-19(13-11-17)27(4)5/h6-14H,16H2,1-5H3,(H,26,28)/b18-14+. The van der Waals surface area contributed by atoms with Crippen LogP contribution < -0.4 is 10.2 Å². The fourth-order valence-electron chi connectivity index (χ4n) is 2.81. The molecule has 2 aromatic rings. The molecule has 1 N–H and O–H groups in total. The maximum Gasteiger partial charge on any atom is 0.349 e. The molecule has 0 bridgehead atoms. The summed E-state index contributed by atoms with van der Waals surface area (Å²) in [5.74, 6) is -1.30. The van der Waals surface area contributed by atoms with Crippen LogP contribution in [-0.2, 0) is 19.7 Å². The first-order valence-corrected chi connectivity index (χ1v) is 9.57. The van der Waals surface area contributed by atoms with Gasteiger partial charge in [0.25, 0.3) is 5.91 Å². The Morgan fingerprint density at radius 2 is 1.73 bits per heavy atom. The Morgan fingerprint density at radius 3 is 2.30 bits per heavy atom. The minimum Gasteiger partial charge on any atom is -0.451 e. The lowest BCUT2D eigenvalue weighted by Gasteiger charge is -2.22. The Morgan fingerprint density at radius 1 is 1.10 bits per heavy atom. The van der Waals surface area contributed by atoms with E-state index in [0.717, 1.165) is 11.3 Å². The van der Waals surface area contributed by atoms with Gasteiger partial charge in [0.05, 0.1) is 0 Å². The Labute approximate surface area is 177 Å². The highest BCUT2D eigenvalue weighted by molar-refractivity contribution is 6.00. The monoisotopic (exact) mass is 405 g/mol. The molecule has 30 heavy (non-hydrogen) atoms. The first-order valence-electron chi connectivity index (χ1n) is 9.57. The van der Waals surface area contributed by atoms with E-state index in [1.165, 1.54) is 6.08 Å². The van der Waals surface area contributed by atoms with Gasteiger partial charge in [-0.2, -0.15) is 5.26 Å². The average Bonchev–Trinajstić information content (AvgIpc) is 2.70. The lowest BCUT2D eigenvalue weighted by atomic mass is 9.86. The summed E-state index contributed by atoms with van der Waals surface area (Å²) in [5, 5.41) is 12.1. The fraction of sp³-hybridized carbons (Fsp3) is 0.292. The van der Waals surface area contributed by atoms with Crippen LogP contribution in [0.1, 0.15) is 31.9 Å². The molecule has 0 aliphatic rings. The molecule has 0 aliphatic carbocycles. The van der Waals surface area contributed by atoms with Crippen molar-refractivity contribution in [2.75, 3.05) is 30.9 Å². The summed E-state index contributed by atoms with van der Waals surface area (Å²) < 4.78 is 5.04. The van der Waals surface area contributed by atoms with E-state index in [0.29, 0.717) is 11.3 Å². The number of ether oxygens (including phenoxy) is 1. The van der Waals surface area contributed by atoms with Crippen molar-refractivity contribution < 1.29 is 14.3 Å². The molecule has 0 radical (unpaired) electrons. The molecule has 2 aromatic carbocycles. The number of amides is 1. The molecule has 1 amide bonds. The van der Waals surface area contributed by atoms with Gasteiger partial charge in [-0.3, -0.25) is 4.79 Å². The van der Waals surface area contributed by atoms with Gasteiger partial charge in [0.2, 0.25) is 0 Å². The topological polar surface area (TPSA) is 82.4 Å². The molecule has 0 spiro atoms. The number of carbonyl (C=O) groups excluding carboxylic acids is 2. The van der Waals surface area contributed by atoms with E-state index < -0.39 is 18.5 Å². The molecule has 0 unspecified atom stereocenters. The van der Waals surface area contributed by atoms with E-state index in [1.807, 2.05) is 76.2 Å². The van der Waals surface area contributed by atoms with E-state index in [4.69, 9.17) is 4.74 Å². The summed E-state index contributed by atoms with van der Waals surface area (Å²) in [6, 6.07) is 16.7. The third-order valence-corrected chi connectivity index (χ3v) is 4.40. The van der Waals surface area contributed by atoms with Crippen molar-refractivity contribution >= 4 is 29.3 Å². The fourth-order valence-corrected chi connectivity index (χ4v) is 2.81. The van der Waals surface area contributed by atoms with Crippen LogP contribution >= 0.6 is 0 Å². The van der Waals surface area contributed by atoms with Crippen molar-refractivity contribution in [3.05, 3.63) is 65.2 Å². The van der Waals surface area contributed by atoms with Gasteiger partial charge < -0.3 is 15.0 Å². The van der Waals surface area contributed by atoms with Crippen molar-refractivity contribution in [2.45, 2.75) is 26.2 Å². The van der Waals surface area contributed by atoms with Gasteiger partial charge in [0.1, 0.15) is 11.6 Å². The second-order valence-corrected chi connectivity index (χ2v) is 8.08. The highest BCUT2D eigenvalue weighted by atomic mass is 16.5. The summed E-state index contributed by atoms with van der Waals surface area (Å²) >= 11 is 0. The number of hydrogen-bond acceptors (Lipinski definition) is 5. The van der Waals surface area contributed by atoms with E-state index in [2.05, 4.69) is 5.32 Å². The van der Waals surface area contributed by atoms with Crippen molar-refractivity contribution in [2.24, 2.45) is 0 Å². The third kappa shape index (κ3) is 6.21. The van der Waals surface area contributed by atoms with Crippen LogP contribution in [0.5, 0.6) is 0 Å². The van der Waals surface area contributed by atoms with Crippen LogP contribution in [0.4, 0.5) is 11.4 Å². The lowest BCUT2D eigenvalue weighted by Crippen LogP contribution is -2.23. The average molecular weight is 405 g/mol. The minimum atomic E-state index is -0.839. The summed E-state index contributed by atoms with van der Waals surface area (Å²) in [7, 11) is 3.85. The van der Waals surface area contributed by atoms with E-state index in [1.54, 1.807) is 18.2 Å². The predicted molar refractivity (Wildman–Crippen MR) is 119 cm³/mol. The van der Waals surface area contributed by atoms with Crippen LogP contribution in [0.25, 0.3) is 6.08 Å². The minimum absolute atomic E-state index is 0.153. The first-order chi connectivity index (χ1) is 14.1. The molecule has 2 rings (SSSR count). The SMILES string of the molecule is CN(C)c1ccc(/C=C(\C#N)C(=O)OCC(=O)Nc2ccccc2C(C)(C)C)cc1. The molecule has 156 valence electrons. The number of hydrogen-bond donors (Lipinski definition) is 1. The largest absolute Gasteiger partial charge is 0.451 e. The van der Waals surface area contributed by atoms with Crippen LogP contribution in [0.15, 0.2) is 54.1 Å². The lowest BCUT2D eigenvalue weighted by molar-refractivity contribution is -0.142. The Hall–Kier alpha value is -3.59. The number of carbonyl (C=O) groups is 2.